The zero-order valence-corrected chi connectivity index (χ0v) is 15.1. The fourth-order valence-corrected chi connectivity index (χ4v) is 5.41. The maximum atomic E-state index is 12.6. The van der Waals surface area contributed by atoms with Crippen LogP contribution in [0.2, 0.25) is 0 Å². The Morgan fingerprint density at radius 2 is 2.30 bits per heavy atom. The van der Waals surface area contributed by atoms with Crippen molar-refractivity contribution in [2.45, 2.75) is 25.9 Å². The van der Waals surface area contributed by atoms with Crippen LogP contribution in [-0.4, -0.2) is 61.3 Å². The zero-order valence-electron chi connectivity index (χ0n) is 13.5. The lowest BCUT2D eigenvalue weighted by Crippen LogP contribution is -2.46. The van der Waals surface area contributed by atoms with Crippen LogP contribution >= 0.6 is 11.3 Å². The van der Waals surface area contributed by atoms with Gasteiger partial charge in [-0.1, -0.05) is 12.1 Å². The lowest BCUT2D eigenvalue weighted by Gasteiger charge is -2.29. The molecule has 1 aliphatic rings. The molecule has 0 aromatic carbocycles. The number of carbonyl (C=O) groups is 1. The van der Waals surface area contributed by atoms with Gasteiger partial charge in [0.1, 0.15) is 0 Å². The summed E-state index contributed by atoms with van der Waals surface area (Å²) in [6.07, 6.45) is 2.34. The van der Waals surface area contributed by atoms with Crippen LogP contribution in [0.15, 0.2) is 30.2 Å². The van der Waals surface area contributed by atoms with E-state index in [1.54, 1.807) is 22.3 Å². The van der Waals surface area contributed by atoms with E-state index in [4.69, 9.17) is 0 Å². The van der Waals surface area contributed by atoms with Gasteiger partial charge in [-0.15, -0.1) is 17.9 Å². The number of amides is 1. The first kappa shape index (κ1) is 18.2. The third-order valence-electron chi connectivity index (χ3n) is 4.02. The third kappa shape index (κ3) is 5.16. The summed E-state index contributed by atoms with van der Waals surface area (Å²) in [5.41, 5.74) is 0. The van der Waals surface area contributed by atoms with Crippen molar-refractivity contribution in [2.75, 3.05) is 31.1 Å². The minimum Gasteiger partial charge on any atom is -0.338 e. The van der Waals surface area contributed by atoms with Crippen LogP contribution in [-0.2, 0) is 21.2 Å². The molecule has 1 atom stereocenters. The molecular formula is C16H24N2O3S2. The van der Waals surface area contributed by atoms with Crippen molar-refractivity contribution in [2.24, 2.45) is 0 Å². The standard InChI is InChI=1S/C16H24N2O3S2/c1-3-8-17(11-15-6-5-9-22-15)12-16(19)18(4-2)14-7-10-23(20,21)13-14/h3,5-6,9,14H,1,4,7-8,10-13H2,2H3. The van der Waals surface area contributed by atoms with E-state index in [-0.39, 0.29) is 30.0 Å². The topological polar surface area (TPSA) is 57.7 Å². The molecule has 1 aromatic heterocycles. The van der Waals surface area contributed by atoms with Crippen LogP contribution < -0.4 is 0 Å². The summed E-state index contributed by atoms with van der Waals surface area (Å²) < 4.78 is 23.3. The Bertz CT molecular complexity index is 626. The largest absolute Gasteiger partial charge is 0.338 e. The fourth-order valence-electron chi connectivity index (χ4n) is 2.93. The van der Waals surface area contributed by atoms with Crippen LogP contribution in [0.5, 0.6) is 0 Å². The Labute approximate surface area is 142 Å². The maximum Gasteiger partial charge on any atom is 0.237 e. The molecule has 1 aromatic rings. The molecular weight excluding hydrogens is 332 g/mol. The predicted molar refractivity (Wildman–Crippen MR) is 94.2 cm³/mol. The highest BCUT2D eigenvalue weighted by molar-refractivity contribution is 7.91. The Balaban J connectivity index is 1.99. The van der Waals surface area contributed by atoms with Gasteiger partial charge in [0.15, 0.2) is 9.84 Å². The molecule has 7 heteroatoms. The summed E-state index contributed by atoms with van der Waals surface area (Å²) in [5, 5.41) is 2.02. The van der Waals surface area contributed by atoms with Gasteiger partial charge in [-0.2, -0.15) is 0 Å². The Hall–Kier alpha value is -1.18. The van der Waals surface area contributed by atoms with Gasteiger partial charge in [0.25, 0.3) is 0 Å². The molecule has 1 amide bonds. The van der Waals surface area contributed by atoms with Crippen LogP contribution in [0.4, 0.5) is 0 Å². The summed E-state index contributed by atoms with van der Waals surface area (Å²) in [6, 6.07) is 3.87. The molecule has 128 valence electrons. The average Bonchev–Trinajstić information content (AvgIpc) is 3.10. The van der Waals surface area contributed by atoms with E-state index < -0.39 is 9.84 Å². The second-order valence-electron chi connectivity index (χ2n) is 5.77. The molecule has 1 aliphatic heterocycles. The number of likely N-dealkylation sites (N-methyl/N-ethyl adjacent to an activating group) is 1. The van der Waals surface area contributed by atoms with Crippen molar-refractivity contribution >= 4 is 27.1 Å². The Kier molecular flexibility index (Phi) is 6.38. The molecule has 23 heavy (non-hydrogen) atoms. The Morgan fingerprint density at radius 3 is 2.83 bits per heavy atom. The van der Waals surface area contributed by atoms with E-state index >= 15 is 0 Å². The summed E-state index contributed by atoms with van der Waals surface area (Å²) in [5.74, 6) is 0.277. The predicted octanol–water partition coefficient (Wildman–Crippen LogP) is 1.77. The molecule has 0 aliphatic carbocycles. The number of hydrogen-bond donors (Lipinski definition) is 0. The molecule has 5 nitrogen and oxygen atoms in total. The van der Waals surface area contributed by atoms with Gasteiger partial charge in [0.05, 0.1) is 18.1 Å². The van der Waals surface area contributed by atoms with Gasteiger partial charge in [-0.05, 0) is 24.8 Å². The quantitative estimate of drug-likeness (QED) is 0.666. The number of nitrogens with zero attached hydrogens (tertiary/aromatic N) is 2. The molecule has 1 unspecified atom stereocenters. The van der Waals surface area contributed by atoms with Crippen LogP contribution in [0, 0.1) is 0 Å². The first-order valence-electron chi connectivity index (χ1n) is 7.80. The lowest BCUT2D eigenvalue weighted by atomic mass is 10.2. The number of carbonyl (C=O) groups excluding carboxylic acids is 1. The minimum atomic E-state index is -2.99. The van der Waals surface area contributed by atoms with Crippen molar-refractivity contribution in [3.8, 4) is 0 Å². The van der Waals surface area contributed by atoms with Crippen molar-refractivity contribution < 1.29 is 13.2 Å². The molecule has 2 rings (SSSR count). The lowest BCUT2D eigenvalue weighted by molar-refractivity contribution is -0.134. The number of hydrogen-bond acceptors (Lipinski definition) is 5. The molecule has 0 N–H and O–H groups in total. The highest BCUT2D eigenvalue weighted by Gasteiger charge is 2.34. The van der Waals surface area contributed by atoms with Crippen molar-refractivity contribution in [1.29, 1.82) is 0 Å². The number of thiophene rings is 1. The second-order valence-corrected chi connectivity index (χ2v) is 9.04. The summed E-state index contributed by atoms with van der Waals surface area (Å²) in [4.78, 5) is 17.6. The number of rotatable bonds is 8. The van der Waals surface area contributed by atoms with Crippen LogP contribution in [0.1, 0.15) is 18.2 Å². The van der Waals surface area contributed by atoms with E-state index in [9.17, 15) is 13.2 Å². The SMILES string of the molecule is C=CCN(CC(=O)N(CC)C1CCS(=O)(=O)C1)Cc1cccs1. The molecule has 1 saturated heterocycles. The van der Waals surface area contributed by atoms with Crippen molar-refractivity contribution in [1.82, 2.24) is 9.80 Å². The smallest absolute Gasteiger partial charge is 0.237 e. The first-order chi connectivity index (χ1) is 10.9. The molecule has 1 fully saturated rings. The monoisotopic (exact) mass is 356 g/mol. The van der Waals surface area contributed by atoms with Gasteiger partial charge in [-0.3, -0.25) is 9.69 Å². The normalized spacial score (nSPS) is 19.8. The van der Waals surface area contributed by atoms with E-state index in [1.165, 1.54) is 4.88 Å². The van der Waals surface area contributed by atoms with Crippen LogP contribution in [0.3, 0.4) is 0 Å². The zero-order chi connectivity index (χ0) is 16.9. The van der Waals surface area contributed by atoms with E-state index in [0.29, 0.717) is 26.1 Å². The Morgan fingerprint density at radius 1 is 1.52 bits per heavy atom. The summed E-state index contributed by atoms with van der Waals surface area (Å²) in [7, 11) is -2.99. The van der Waals surface area contributed by atoms with Gasteiger partial charge in [0.2, 0.25) is 5.91 Å². The first-order valence-corrected chi connectivity index (χ1v) is 10.5. The minimum absolute atomic E-state index is 0.00648. The third-order valence-corrected chi connectivity index (χ3v) is 6.63. The maximum absolute atomic E-state index is 12.6. The van der Waals surface area contributed by atoms with E-state index in [0.717, 1.165) is 0 Å². The summed E-state index contributed by atoms with van der Waals surface area (Å²) in [6.45, 7) is 7.82. The molecule has 0 spiro atoms. The molecule has 0 saturated carbocycles. The average molecular weight is 357 g/mol. The van der Waals surface area contributed by atoms with E-state index in [2.05, 4.69) is 6.58 Å². The van der Waals surface area contributed by atoms with Gasteiger partial charge in [0, 0.05) is 30.6 Å². The van der Waals surface area contributed by atoms with Gasteiger partial charge >= 0.3 is 0 Å². The van der Waals surface area contributed by atoms with Crippen molar-refractivity contribution in [3.05, 3.63) is 35.0 Å². The second kappa shape index (κ2) is 8.08. The summed E-state index contributed by atoms with van der Waals surface area (Å²) >= 11 is 1.66. The van der Waals surface area contributed by atoms with Gasteiger partial charge < -0.3 is 4.90 Å². The van der Waals surface area contributed by atoms with Crippen LogP contribution in [0.25, 0.3) is 0 Å². The fraction of sp³-hybridized carbons (Fsp3) is 0.562. The highest BCUT2D eigenvalue weighted by atomic mass is 32.2. The van der Waals surface area contributed by atoms with Crippen molar-refractivity contribution in [3.63, 3.8) is 0 Å². The molecule has 0 bridgehead atoms. The van der Waals surface area contributed by atoms with Gasteiger partial charge in [-0.25, -0.2) is 8.42 Å². The number of sulfone groups is 1. The highest BCUT2D eigenvalue weighted by Crippen LogP contribution is 2.18. The van der Waals surface area contributed by atoms with E-state index in [1.807, 2.05) is 29.3 Å². The molecule has 2 heterocycles. The molecule has 0 radical (unpaired) electrons.